The highest BCUT2D eigenvalue weighted by Gasteiger charge is 2.15. The van der Waals surface area contributed by atoms with E-state index in [1.807, 2.05) is 13.8 Å². The smallest absolute Gasteiger partial charge is 0.418 e. The molecule has 0 heterocycles. The second-order valence-electron chi connectivity index (χ2n) is 2.57. The van der Waals surface area contributed by atoms with Gasteiger partial charge < -0.3 is 9.47 Å². The number of rotatable bonds is 2. The minimum atomic E-state index is -1.04. The molecule has 0 N–H and O–H groups in total. The van der Waals surface area contributed by atoms with Gasteiger partial charge in [0.15, 0.2) is 13.2 Å². The van der Waals surface area contributed by atoms with Gasteiger partial charge in [0.05, 0.1) is 0 Å². The second-order valence-corrected chi connectivity index (χ2v) is 2.57. The van der Waals surface area contributed by atoms with E-state index in [-0.39, 0.29) is 13.2 Å². The maximum absolute atomic E-state index is 11.0. The quantitative estimate of drug-likeness (QED) is 0.396. The van der Waals surface area contributed by atoms with Gasteiger partial charge in [-0.2, -0.15) is 0 Å². The molecule has 0 rings (SSSR count). The number of ether oxygens (including phenoxy) is 2. The molecule has 0 aromatic carbocycles. The van der Waals surface area contributed by atoms with Crippen molar-refractivity contribution in [2.24, 2.45) is 0 Å². The van der Waals surface area contributed by atoms with Gasteiger partial charge in [-0.05, 0) is 0 Å². The summed E-state index contributed by atoms with van der Waals surface area (Å²) >= 11 is 0. The molecule has 0 aliphatic rings. The summed E-state index contributed by atoms with van der Waals surface area (Å²) in [6.07, 6.45) is 1.35. The lowest BCUT2D eigenvalue weighted by molar-refractivity contribution is -0.165. The molecule has 0 aromatic heterocycles. The fourth-order valence-electron chi connectivity index (χ4n) is 0.673. The summed E-state index contributed by atoms with van der Waals surface area (Å²) in [5.74, 6) is 8.46. The number of hydrogen-bond acceptors (Lipinski definition) is 4. The lowest BCUT2D eigenvalue weighted by atomic mass is 10.5. The van der Waals surface area contributed by atoms with Crippen molar-refractivity contribution < 1.29 is 19.1 Å². The lowest BCUT2D eigenvalue weighted by Gasteiger charge is -1.99. The highest BCUT2D eigenvalue weighted by Crippen LogP contribution is 1.84. The van der Waals surface area contributed by atoms with Crippen molar-refractivity contribution in [3.63, 3.8) is 0 Å². The molecule has 0 amide bonds. The first-order valence-corrected chi connectivity index (χ1v) is 4.97. The van der Waals surface area contributed by atoms with Crippen molar-refractivity contribution in [3.05, 3.63) is 0 Å². The second kappa shape index (κ2) is 9.61. The van der Waals surface area contributed by atoms with E-state index < -0.39 is 11.9 Å². The highest BCUT2D eigenvalue weighted by atomic mass is 16.6. The Morgan fingerprint density at radius 1 is 0.812 bits per heavy atom. The molecule has 0 aliphatic heterocycles. The van der Waals surface area contributed by atoms with Gasteiger partial charge in [0.2, 0.25) is 0 Å². The summed E-state index contributed by atoms with van der Waals surface area (Å²) < 4.78 is 9.06. The van der Waals surface area contributed by atoms with Crippen molar-refractivity contribution in [1.29, 1.82) is 0 Å². The third kappa shape index (κ3) is 7.46. The fraction of sp³-hybridized carbons (Fsp3) is 0.500. The van der Waals surface area contributed by atoms with Crippen molar-refractivity contribution in [3.8, 4) is 23.7 Å². The Hall–Kier alpha value is -1.94. The van der Waals surface area contributed by atoms with Gasteiger partial charge in [-0.3, -0.25) is 0 Å². The molecule has 0 aromatic rings. The normalized spacial score (nSPS) is 7.88. The molecule has 0 radical (unpaired) electrons. The van der Waals surface area contributed by atoms with E-state index in [1.54, 1.807) is 0 Å². The maximum atomic E-state index is 11.0. The van der Waals surface area contributed by atoms with Gasteiger partial charge in [0.25, 0.3) is 0 Å². The summed E-state index contributed by atoms with van der Waals surface area (Å²) in [6.45, 7) is 3.55. The first-order chi connectivity index (χ1) is 7.72. The van der Waals surface area contributed by atoms with E-state index in [1.165, 1.54) is 0 Å². The van der Waals surface area contributed by atoms with Gasteiger partial charge in [-0.25, -0.2) is 9.59 Å². The number of esters is 2. The molecular formula is C12H14O4. The number of carbonyl (C=O) groups is 2. The van der Waals surface area contributed by atoms with E-state index in [9.17, 15) is 9.59 Å². The van der Waals surface area contributed by atoms with Crippen LogP contribution in [0.25, 0.3) is 0 Å². The van der Waals surface area contributed by atoms with Crippen LogP contribution in [0.4, 0.5) is 0 Å². The molecule has 0 spiro atoms. The van der Waals surface area contributed by atoms with Crippen LogP contribution in [0.1, 0.15) is 26.7 Å². The summed E-state index contributed by atoms with van der Waals surface area (Å²) in [5, 5.41) is 0. The molecule has 16 heavy (non-hydrogen) atoms. The molecule has 0 bridgehead atoms. The minimum Gasteiger partial charge on any atom is -0.444 e. The molecule has 0 aliphatic carbocycles. The zero-order valence-electron chi connectivity index (χ0n) is 9.46. The summed E-state index contributed by atoms with van der Waals surface area (Å²) in [4.78, 5) is 21.9. The standard InChI is InChI=1S/C12H14O4/c1-3-5-7-9-15-11(13)12(14)16-10-8-6-4-2/h3-4,9-10H2,1-2H3. The van der Waals surface area contributed by atoms with Crippen LogP contribution in [0.5, 0.6) is 0 Å². The average Bonchev–Trinajstić information content (AvgIpc) is 2.29. The van der Waals surface area contributed by atoms with E-state index in [0.29, 0.717) is 12.8 Å². The van der Waals surface area contributed by atoms with Gasteiger partial charge in [-0.15, -0.1) is 11.8 Å². The van der Waals surface area contributed by atoms with Crippen molar-refractivity contribution in [1.82, 2.24) is 0 Å². The molecule has 4 heteroatoms. The van der Waals surface area contributed by atoms with Crippen LogP contribution in [0.2, 0.25) is 0 Å². The van der Waals surface area contributed by atoms with E-state index >= 15 is 0 Å². The molecule has 0 saturated carbocycles. The predicted octanol–water partition coefficient (Wildman–Crippen LogP) is 0.900. The van der Waals surface area contributed by atoms with E-state index in [2.05, 4.69) is 33.2 Å². The Labute approximate surface area is 95.3 Å². The zero-order valence-corrected chi connectivity index (χ0v) is 9.46. The van der Waals surface area contributed by atoms with Crippen LogP contribution in [-0.4, -0.2) is 25.2 Å². The van der Waals surface area contributed by atoms with E-state index in [4.69, 9.17) is 0 Å². The highest BCUT2D eigenvalue weighted by molar-refractivity contribution is 6.29. The Morgan fingerprint density at radius 3 is 1.50 bits per heavy atom. The topological polar surface area (TPSA) is 52.6 Å². The van der Waals surface area contributed by atoms with Gasteiger partial charge in [0.1, 0.15) is 0 Å². The van der Waals surface area contributed by atoms with Crippen LogP contribution in [0, 0.1) is 23.7 Å². The summed E-state index contributed by atoms with van der Waals surface area (Å²) in [6, 6.07) is 0. The van der Waals surface area contributed by atoms with Crippen LogP contribution < -0.4 is 0 Å². The van der Waals surface area contributed by atoms with Gasteiger partial charge in [0, 0.05) is 12.8 Å². The first kappa shape index (κ1) is 14.1. The molecule has 0 fully saturated rings. The molecule has 86 valence electrons. The van der Waals surface area contributed by atoms with Crippen molar-refractivity contribution in [2.75, 3.05) is 13.2 Å². The SMILES string of the molecule is CCC#CCOC(=O)C(=O)OCC#CCC. The predicted molar refractivity (Wildman–Crippen MR) is 58.1 cm³/mol. The van der Waals surface area contributed by atoms with Crippen molar-refractivity contribution in [2.45, 2.75) is 26.7 Å². The van der Waals surface area contributed by atoms with Crippen LogP contribution >= 0.6 is 0 Å². The fourth-order valence-corrected chi connectivity index (χ4v) is 0.673. The van der Waals surface area contributed by atoms with Crippen LogP contribution in [0.15, 0.2) is 0 Å². The Morgan fingerprint density at radius 2 is 1.19 bits per heavy atom. The number of carbonyl (C=O) groups excluding carboxylic acids is 2. The Kier molecular flexibility index (Phi) is 8.44. The lowest BCUT2D eigenvalue weighted by Crippen LogP contribution is -2.20. The third-order valence-electron chi connectivity index (χ3n) is 1.32. The summed E-state index contributed by atoms with van der Waals surface area (Å²) in [7, 11) is 0. The average molecular weight is 222 g/mol. The number of hydrogen-bond donors (Lipinski definition) is 0. The molecular weight excluding hydrogens is 208 g/mol. The minimum absolute atomic E-state index is 0.0948. The van der Waals surface area contributed by atoms with Gasteiger partial charge in [-0.1, -0.05) is 25.7 Å². The summed E-state index contributed by atoms with van der Waals surface area (Å²) in [5.41, 5.74) is 0. The third-order valence-corrected chi connectivity index (χ3v) is 1.32. The zero-order chi connectivity index (χ0) is 12.2. The van der Waals surface area contributed by atoms with E-state index in [0.717, 1.165) is 0 Å². The monoisotopic (exact) mass is 222 g/mol. The molecule has 0 atom stereocenters. The van der Waals surface area contributed by atoms with Crippen LogP contribution in [-0.2, 0) is 19.1 Å². The Bertz CT molecular complexity index is 313. The molecule has 0 unspecified atom stereocenters. The largest absolute Gasteiger partial charge is 0.444 e. The molecule has 0 saturated heterocycles. The Balaban J connectivity index is 3.78. The van der Waals surface area contributed by atoms with Crippen molar-refractivity contribution >= 4 is 11.9 Å². The maximum Gasteiger partial charge on any atom is 0.418 e. The first-order valence-electron chi connectivity index (χ1n) is 4.97. The van der Waals surface area contributed by atoms with Gasteiger partial charge >= 0.3 is 11.9 Å². The van der Waals surface area contributed by atoms with Crippen LogP contribution in [0.3, 0.4) is 0 Å². The molecule has 4 nitrogen and oxygen atoms in total.